The van der Waals surface area contributed by atoms with Gasteiger partial charge in [0.1, 0.15) is 0 Å². The Bertz CT molecular complexity index is 3570. The van der Waals surface area contributed by atoms with Crippen LogP contribution < -0.4 is 4.90 Å². The molecule has 64 heavy (non-hydrogen) atoms. The van der Waals surface area contributed by atoms with Gasteiger partial charge >= 0.3 is 0 Å². The third-order valence-electron chi connectivity index (χ3n) is 13.1. The lowest BCUT2D eigenvalue weighted by Crippen LogP contribution is -2.42. The van der Waals surface area contributed by atoms with E-state index in [9.17, 15) is 0 Å². The second kappa shape index (κ2) is 14.3. The highest BCUT2D eigenvalue weighted by Crippen LogP contribution is 2.58. The summed E-state index contributed by atoms with van der Waals surface area (Å²) in [5, 5.41) is 4.88. The van der Waals surface area contributed by atoms with Crippen molar-refractivity contribution in [1.29, 1.82) is 0 Å². The van der Waals surface area contributed by atoms with Crippen LogP contribution in [0.15, 0.2) is 206 Å². The number of hydrogen-bond acceptors (Lipinski definition) is 6. The van der Waals surface area contributed by atoms with Crippen molar-refractivity contribution in [3.63, 3.8) is 0 Å². The molecule has 0 spiro atoms. The minimum absolute atomic E-state index is 0.0655. The highest BCUT2D eigenvalue weighted by atomic mass is 32.1. The summed E-state index contributed by atoms with van der Waals surface area (Å²) in [4.78, 5) is 23.7. The molecule has 0 radical (unpaired) electrons. The molecule has 7 aromatic carbocycles. The normalized spacial score (nSPS) is 16.6. The van der Waals surface area contributed by atoms with E-state index < -0.39 is 5.54 Å². The van der Waals surface area contributed by atoms with Crippen molar-refractivity contribution >= 4 is 65.0 Å². The number of aromatic nitrogens is 5. The van der Waals surface area contributed by atoms with Crippen molar-refractivity contribution in [2.75, 3.05) is 4.90 Å². The fourth-order valence-corrected chi connectivity index (χ4v) is 11.5. The quantitative estimate of drug-likeness (QED) is 0.167. The smallest absolute Gasteiger partial charge is 0.235 e. The van der Waals surface area contributed by atoms with Crippen molar-refractivity contribution in [1.82, 2.24) is 24.5 Å². The molecule has 0 amide bonds. The number of hydrogen-bond donors (Lipinski definition) is 0. The van der Waals surface area contributed by atoms with E-state index in [1.54, 1.807) is 0 Å². The first-order chi connectivity index (χ1) is 31.6. The van der Waals surface area contributed by atoms with Gasteiger partial charge in [-0.3, -0.25) is 9.47 Å². The van der Waals surface area contributed by atoms with Crippen LogP contribution in [0.4, 0.5) is 11.6 Å². The van der Waals surface area contributed by atoms with Gasteiger partial charge < -0.3 is 0 Å². The molecule has 2 aliphatic rings. The summed E-state index contributed by atoms with van der Waals surface area (Å²) in [6, 6.07) is 63.8. The molecule has 7 heteroatoms. The molecule has 0 N–H and O–H groups in total. The number of anilines is 2. The van der Waals surface area contributed by atoms with Crippen molar-refractivity contribution in [2.45, 2.75) is 18.4 Å². The lowest BCUT2D eigenvalue weighted by molar-refractivity contribution is 0.536. The van der Waals surface area contributed by atoms with E-state index in [0.29, 0.717) is 11.9 Å². The van der Waals surface area contributed by atoms with Crippen LogP contribution in [0, 0.1) is 0 Å². The van der Waals surface area contributed by atoms with Gasteiger partial charge in [0, 0.05) is 64.7 Å². The summed E-state index contributed by atoms with van der Waals surface area (Å²) < 4.78 is 4.79. The SMILES string of the molecule is CC12C=CC=CC1c1c(ccc3c1sc1c3ccc3c1c1ccccc1n3-c1nc(-c3ccccc3)cc(-c3ccccc3)n1)N2c1nc(-c2ccccc2)cc(-c2ccccc2)n1. The first-order valence-corrected chi connectivity index (χ1v) is 22.5. The van der Waals surface area contributed by atoms with Crippen molar-refractivity contribution in [3.05, 3.63) is 212 Å². The second-order valence-corrected chi connectivity index (χ2v) is 17.8. The summed E-state index contributed by atoms with van der Waals surface area (Å²) in [7, 11) is 0. The molecule has 0 saturated carbocycles. The van der Waals surface area contributed by atoms with Crippen LogP contribution in [0.25, 0.3) is 93.0 Å². The summed E-state index contributed by atoms with van der Waals surface area (Å²) in [5.74, 6) is 1.40. The van der Waals surface area contributed by atoms with E-state index in [1.165, 1.54) is 36.5 Å². The Labute approximate surface area is 373 Å². The van der Waals surface area contributed by atoms with E-state index in [4.69, 9.17) is 19.9 Å². The Kier molecular flexibility index (Phi) is 8.17. The Morgan fingerprint density at radius 1 is 0.469 bits per heavy atom. The zero-order chi connectivity index (χ0) is 42.4. The van der Waals surface area contributed by atoms with E-state index >= 15 is 0 Å². The van der Waals surface area contributed by atoms with Crippen molar-refractivity contribution < 1.29 is 0 Å². The van der Waals surface area contributed by atoms with Crippen molar-refractivity contribution in [3.8, 4) is 51.0 Å². The van der Waals surface area contributed by atoms with Gasteiger partial charge in [0.2, 0.25) is 11.9 Å². The minimum Gasteiger partial charge on any atom is -0.300 e. The van der Waals surface area contributed by atoms with E-state index in [1.807, 2.05) is 35.6 Å². The summed E-state index contributed by atoms with van der Waals surface area (Å²) in [5.41, 5.74) is 11.9. The standard InChI is InChI=1S/C57H38N6S/c1-57-33-17-16-27-43(57)52-50(63(57)56-60-46(38-22-10-4-11-23-38)35-47(61-56)39-24-12-5-13-25-39)32-30-41-40-29-31-49-51(53(40)64-54(41)52)42-26-14-15-28-48(42)62(49)55-58-44(36-18-6-2-7-19-36)34-45(59-55)37-20-8-3-9-21-37/h2-35,43H,1H3. The predicted octanol–water partition coefficient (Wildman–Crippen LogP) is 14.5. The molecule has 5 heterocycles. The molecule has 4 aromatic heterocycles. The third kappa shape index (κ3) is 5.57. The molecule has 2 atom stereocenters. The van der Waals surface area contributed by atoms with Gasteiger partial charge in [0.05, 0.1) is 45.0 Å². The third-order valence-corrected chi connectivity index (χ3v) is 14.3. The zero-order valence-electron chi connectivity index (χ0n) is 34.8. The summed E-state index contributed by atoms with van der Waals surface area (Å²) in [6.45, 7) is 2.33. The summed E-state index contributed by atoms with van der Waals surface area (Å²) in [6.07, 6.45) is 9.07. The van der Waals surface area contributed by atoms with Crippen LogP contribution in [-0.2, 0) is 0 Å². The fraction of sp³-hybridized carbons (Fsp3) is 0.0526. The maximum atomic E-state index is 5.37. The van der Waals surface area contributed by atoms with Crippen LogP contribution in [0.2, 0.25) is 0 Å². The van der Waals surface area contributed by atoms with Crippen LogP contribution in [0.1, 0.15) is 18.4 Å². The largest absolute Gasteiger partial charge is 0.300 e. The number of para-hydroxylation sites is 1. The number of thiophene rings is 1. The number of allylic oxidation sites excluding steroid dienone is 2. The Morgan fingerprint density at radius 2 is 0.969 bits per heavy atom. The highest BCUT2D eigenvalue weighted by Gasteiger charge is 2.49. The number of nitrogens with zero attached hydrogens (tertiary/aromatic N) is 6. The first-order valence-electron chi connectivity index (χ1n) is 21.7. The van der Waals surface area contributed by atoms with Gasteiger partial charge in [-0.05, 0) is 37.3 Å². The maximum Gasteiger partial charge on any atom is 0.235 e. The molecule has 302 valence electrons. The first kappa shape index (κ1) is 36.6. The Morgan fingerprint density at radius 3 is 1.55 bits per heavy atom. The Hall–Kier alpha value is -8.00. The van der Waals surface area contributed by atoms with E-state index in [0.717, 1.165) is 61.8 Å². The minimum atomic E-state index is -0.451. The van der Waals surface area contributed by atoms with Gasteiger partial charge in [-0.2, -0.15) is 0 Å². The molecular formula is C57H38N6S. The average molecular weight is 839 g/mol. The van der Waals surface area contributed by atoms with E-state index in [-0.39, 0.29) is 5.92 Å². The fourth-order valence-electron chi connectivity index (χ4n) is 10.1. The van der Waals surface area contributed by atoms with Crippen LogP contribution in [0.3, 0.4) is 0 Å². The van der Waals surface area contributed by atoms with Gasteiger partial charge in [0.25, 0.3) is 0 Å². The van der Waals surface area contributed by atoms with E-state index in [2.05, 4.69) is 198 Å². The number of benzene rings is 7. The monoisotopic (exact) mass is 838 g/mol. The van der Waals surface area contributed by atoms with Crippen LogP contribution in [0.5, 0.6) is 0 Å². The predicted molar refractivity (Wildman–Crippen MR) is 265 cm³/mol. The van der Waals surface area contributed by atoms with Gasteiger partial charge in [-0.15, -0.1) is 11.3 Å². The molecule has 0 bridgehead atoms. The number of fused-ring (bicyclic) bond motifs is 11. The number of rotatable bonds is 6. The molecule has 13 rings (SSSR count). The molecule has 1 aliphatic carbocycles. The van der Waals surface area contributed by atoms with Crippen LogP contribution in [-0.4, -0.2) is 30.0 Å². The highest BCUT2D eigenvalue weighted by molar-refractivity contribution is 7.27. The molecule has 0 fully saturated rings. The molecule has 6 nitrogen and oxygen atoms in total. The maximum absolute atomic E-state index is 5.37. The van der Waals surface area contributed by atoms with Gasteiger partial charge in [-0.25, -0.2) is 19.9 Å². The van der Waals surface area contributed by atoms with Gasteiger partial charge in [0.15, 0.2) is 0 Å². The average Bonchev–Trinajstić information content (AvgIpc) is 4.00. The molecule has 11 aromatic rings. The molecule has 1 aliphatic heterocycles. The van der Waals surface area contributed by atoms with Gasteiger partial charge in [-0.1, -0.05) is 176 Å². The molecule has 0 saturated heterocycles. The van der Waals surface area contributed by atoms with Crippen LogP contribution >= 0.6 is 11.3 Å². The lowest BCUT2D eigenvalue weighted by Gasteiger charge is -2.37. The Balaban J connectivity index is 1.04. The van der Waals surface area contributed by atoms with Crippen molar-refractivity contribution in [2.24, 2.45) is 0 Å². The zero-order valence-corrected chi connectivity index (χ0v) is 35.6. The lowest BCUT2D eigenvalue weighted by atomic mass is 9.80. The second-order valence-electron chi connectivity index (χ2n) is 16.8. The molecule has 2 unspecified atom stereocenters. The molecular weight excluding hydrogens is 801 g/mol. The summed E-state index contributed by atoms with van der Waals surface area (Å²) >= 11 is 1.89. The topological polar surface area (TPSA) is 59.7 Å².